The number of hydrogen-bond acceptors (Lipinski definition) is 3. The first-order chi connectivity index (χ1) is 10.6. The molecule has 0 aromatic heterocycles. The molecule has 0 amide bonds. The van der Waals surface area contributed by atoms with E-state index in [1.54, 1.807) is 11.8 Å². The van der Waals surface area contributed by atoms with E-state index in [0.717, 1.165) is 11.1 Å². The van der Waals surface area contributed by atoms with Crippen LogP contribution in [0.25, 0.3) is 5.57 Å². The third-order valence-corrected chi connectivity index (χ3v) is 4.18. The van der Waals surface area contributed by atoms with Crippen molar-refractivity contribution in [1.29, 1.82) is 0 Å². The van der Waals surface area contributed by atoms with Crippen LogP contribution in [0.2, 0.25) is 0 Å². The second kappa shape index (κ2) is 7.71. The van der Waals surface area contributed by atoms with E-state index in [0.29, 0.717) is 18.4 Å². The van der Waals surface area contributed by atoms with Crippen molar-refractivity contribution >= 4 is 23.3 Å². The summed E-state index contributed by atoms with van der Waals surface area (Å²) < 4.78 is 0. The maximum absolute atomic E-state index is 11.1. The Bertz CT molecular complexity index is 660. The molecule has 2 aromatic rings. The molecule has 0 saturated carbocycles. The standard InChI is InChI=1S/C18H18O3S/c1-22-15-10-7-13(8-11-15)9-12-16(17(19)18(20)21)14-5-3-2-4-6-14/h2-8,10-11,19H,9,12H2,1H3,(H,20,21)/b17-16-. The van der Waals surface area contributed by atoms with Crippen molar-refractivity contribution in [2.24, 2.45) is 0 Å². The first-order valence-electron chi connectivity index (χ1n) is 6.95. The van der Waals surface area contributed by atoms with Gasteiger partial charge < -0.3 is 10.2 Å². The normalized spacial score (nSPS) is 11.9. The maximum atomic E-state index is 11.1. The summed E-state index contributed by atoms with van der Waals surface area (Å²) in [5.74, 6) is -1.87. The number of carboxylic acid groups (broad SMARTS) is 1. The quantitative estimate of drug-likeness (QED) is 0.471. The SMILES string of the molecule is CSc1ccc(CC/C(=C(/O)C(=O)O)c2ccccc2)cc1. The number of hydrogen-bond donors (Lipinski definition) is 2. The zero-order chi connectivity index (χ0) is 15.9. The van der Waals surface area contributed by atoms with Gasteiger partial charge in [-0.1, -0.05) is 42.5 Å². The molecule has 0 fully saturated rings. The van der Waals surface area contributed by atoms with Gasteiger partial charge in [0.25, 0.3) is 0 Å². The zero-order valence-electron chi connectivity index (χ0n) is 12.3. The third-order valence-electron chi connectivity index (χ3n) is 3.43. The van der Waals surface area contributed by atoms with E-state index in [2.05, 4.69) is 0 Å². The highest BCUT2D eigenvalue weighted by molar-refractivity contribution is 7.98. The summed E-state index contributed by atoms with van der Waals surface area (Å²) in [6.45, 7) is 0. The topological polar surface area (TPSA) is 57.5 Å². The fourth-order valence-electron chi connectivity index (χ4n) is 2.23. The molecule has 2 aromatic carbocycles. The van der Waals surface area contributed by atoms with Crippen LogP contribution in [-0.4, -0.2) is 22.4 Å². The number of allylic oxidation sites excluding steroid dienone is 1. The molecule has 0 aliphatic carbocycles. The van der Waals surface area contributed by atoms with E-state index < -0.39 is 11.7 Å². The molecule has 2 rings (SSSR count). The predicted octanol–water partition coefficient (Wildman–Crippen LogP) is 4.40. The Balaban J connectivity index is 2.20. The zero-order valence-corrected chi connectivity index (χ0v) is 13.1. The van der Waals surface area contributed by atoms with Crippen LogP contribution in [0.5, 0.6) is 0 Å². The van der Waals surface area contributed by atoms with Crippen LogP contribution in [0.4, 0.5) is 0 Å². The van der Waals surface area contributed by atoms with Crippen molar-refractivity contribution in [1.82, 2.24) is 0 Å². The molecule has 2 N–H and O–H groups in total. The molecule has 0 unspecified atom stereocenters. The van der Waals surface area contributed by atoms with E-state index in [4.69, 9.17) is 5.11 Å². The highest BCUT2D eigenvalue weighted by Gasteiger charge is 2.14. The average molecular weight is 314 g/mol. The molecule has 0 aliphatic heterocycles. The molecule has 4 heteroatoms. The van der Waals surface area contributed by atoms with Crippen LogP contribution in [0.15, 0.2) is 65.3 Å². The van der Waals surface area contributed by atoms with E-state index in [1.807, 2.05) is 60.9 Å². The Morgan fingerprint density at radius 3 is 2.18 bits per heavy atom. The molecule has 0 spiro atoms. The summed E-state index contributed by atoms with van der Waals surface area (Å²) >= 11 is 1.68. The minimum absolute atomic E-state index is 0.460. The summed E-state index contributed by atoms with van der Waals surface area (Å²) in [6.07, 6.45) is 3.17. The fourth-order valence-corrected chi connectivity index (χ4v) is 2.64. The lowest BCUT2D eigenvalue weighted by molar-refractivity contribution is -0.135. The second-order valence-corrected chi connectivity index (χ2v) is 5.73. The molecule has 0 bridgehead atoms. The molecule has 0 radical (unpaired) electrons. The highest BCUT2D eigenvalue weighted by Crippen LogP contribution is 2.24. The van der Waals surface area contributed by atoms with Crippen LogP contribution < -0.4 is 0 Å². The van der Waals surface area contributed by atoms with Crippen molar-refractivity contribution in [2.45, 2.75) is 17.7 Å². The van der Waals surface area contributed by atoms with Gasteiger partial charge in [-0.3, -0.25) is 0 Å². The average Bonchev–Trinajstić information content (AvgIpc) is 2.56. The molecular weight excluding hydrogens is 296 g/mol. The Hall–Kier alpha value is -2.20. The van der Waals surface area contributed by atoms with Gasteiger partial charge in [0.2, 0.25) is 5.76 Å². The summed E-state index contributed by atoms with van der Waals surface area (Å²) in [4.78, 5) is 12.3. The molecule has 22 heavy (non-hydrogen) atoms. The lowest BCUT2D eigenvalue weighted by Crippen LogP contribution is -2.04. The molecule has 3 nitrogen and oxygen atoms in total. The second-order valence-electron chi connectivity index (χ2n) is 4.85. The largest absolute Gasteiger partial charge is 0.502 e. The van der Waals surface area contributed by atoms with Crippen molar-refractivity contribution in [2.75, 3.05) is 6.26 Å². The molecule has 0 atom stereocenters. The van der Waals surface area contributed by atoms with Gasteiger partial charge in [-0.05, 0) is 42.4 Å². The lowest BCUT2D eigenvalue weighted by atomic mass is 9.97. The lowest BCUT2D eigenvalue weighted by Gasteiger charge is -2.10. The van der Waals surface area contributed by atoms with Crippen molar-refractivity contribution < 1.29 is 15.0 Å². The van der Waals surface area contributed by atoms with Crippen LogP contribution in [-0.2, 0) is 11.2 Å². The molecule has 114 valence electrons. The van der Waals surface area contributed by atoms with E-state index >= 15 is 0 Å². The Kier molecular flexibility index (Phi) is 5.67. The van der Waals surface area contributed by atoms with Gasteiger partial charge in [-0.15, -0.1) is 11.8 Å². The Morgan fingerprint density at radius 1 is 1.00 bits per heavy atom. The number of carbonyl (C=O) groups is 1. The third kappa shape index (κ3) is 4.15. The van der Waals surface area contributed by atoms with Crippen molar-refractivity contribution in [3.05, 3.63) is 71.5 Å². The monoisotopic (exact) mass is 314 g/mol. The number of carboxylic acids is 1. The van der Waals surface area contributed by atoms with Crippen LogP contribution in [0.1, 0.15) is 17.5 Å². The number of rotatable bonds is 6. The van der Waals surface area contributed by atoms with E-state index in [9.17, 15) is 9.90 Å². The van der Waals surface area contributed by atoms with Gasteiger partial charge in [0.05, 0.1) is 0 Å². The first-order valence-corrected chi connectivity index (χ1v) is 8.18. The smallest absolute Gasteiger partial charge is 0.371 e. The van der Waals surface area contributed by atoms with Gasteiger partial charge >= 0.3 is 5.97 Å². The first kappa shape index (κ1) is 16.2. The van der Waals surface area contributed by atoms with Crippen LogP contribution >= 0.6 is 11.8 Å². The fraction of sp³-hybridized carbons (Fsp3) is 0.167. The Morgan fingerprint density at radius 2 is 1.64 bits per heavy atom. The number of aryl methyl sites for hydroxylation is 1. The van der Waals surface area contributed by atoms with Crippen molar-refractivity contribution in [3.63, 3.8) is 0 Å². The predicted molar refractivity (Wildman–Crippen MR) is 90.2 cm³/mol. The number of aliphatic carboxylic acids is 1. The van der Waals surface area contributed by atoms with Gasteiger partial charge in [-0.25, -0.2) is 4.79 Å². The number of aliphatic hydroxyl groups is 1. The molecular formula is C18H18O3S. The van der Waals surface area contributed by atoms with E-state index in [-0.39, 0.29) is 0 Å². The summed E-state index contributed by atoms with van der Waals surface area (Å²) in [6, 6.07) is 17.3. The van der Waals surface area contributed by atoms with Gasteiger partial charge in [0, 0.05) is 10.5 Å². The summed E-state index contributed by atoms with van der Waals surface area (Å²) in [5.41, 5.74) is 2.31. The van der Waals surface area contributed by atoms with Gasteiger partial charge in [0.15, 0.2) is 0 Å². The highest BCUT2D eigenvalue weighted by atomic mass is 32.2. The minimum Gasteiger partial charge on any atom is -0.502 e. The van der Waals surface area contributed by atoms with Crippen LogP contribution in [0, 0.1) is 0 Å². The molecule has 0 aliphatic rings. The van der Waals surface area contributed by atoms with Gasteiger partial charge in [0.1, 0.15) is 0 Å². The van der Waals surface area contributed by atoms with Crippen LogP contribution in [0.3, 0.4) is 0 Å². The number of aliphatic hydroxyl groups excluding tert-OH is 1. The van der Waals surface area contributed by atoms with Gasteiger partial charge in [-0.2, -0.15) is 0 Å². The number of benzene rings is 2. The minimum atomic E-state index is -1.29. The summed E-state index contributed by atoms with van der Waals surface area (Å²) in [5, 5.41) is 18.9. The van der Waals surface area contributed by atoms with E-state index in [1.165, 1.54) is 4.90 Å². The van der Waals surface area contributed by atoms with Crippen molar-refractivity contribution in [3.8, 4) is 0 Å². The Labute approximate surface area is 134 Å². The molecule has 0 saturated heterocycles. The summed E-state index contributed by atoms with van der Waals surface area (Å²) in [7, 11) is 0. The molecule has 0 heterocycles. The number of thioether (sulfide) groups is 1. The maximum Gasteiger partial charge on any atom is 0.371 e.